The average Bonchev–Trinajstić information content (AvgIpc) is 2.88. The number of hydrogen-bond acceptors (Lipinski definition) is 3. The average molecular weight is 277 g/mol. The van der Waals surface area contributed by atoms with E-state index in [-0.39, 0.29) is 5.54 Å². The van der Waals surface area contributed by atoms with Gasteiger partial charge in [0.1, 0.15) is 0 Å². The second-order valence-electron chi connectivity index (χ2n) is 6.10. The van der Waals surface area contributed by atoms with Crippen LogP contribution in [0.2, 0.25) is 0 Å². The molecule has 0 saturated carbocycles. The van der Waals surface area contributed by atoms with Gasteiger partial charge in [-0.1, -0.05) is 48.5 Å². The highest BCUT2D eigenvalue weighted by Gasteiger charge is 2.37. The maximum atomic E-state index is 5.80. The van der Waals surface area contributed by atoms with Gasteiger partial charge in [-0.25, -0.2) is 4.99 Å². The first kappa shape index (κ1) is 12.5. The van der Waals surface area contributed by atoms with E-state index in [2.05, 4.69) is 58.8 Å². The lowest BCUT2D eigenvalue weighted by Crippen LogP contribution is -2.38. The number of hydrogen-bond donors (Lipinski definition) is 2. The van der Waals surface area contributed by atoms with E-state index in [0.29, 0.717) is 5.96 Å². The van der Waals surface area contributed by atoms with E-state index in [4.69, 9.17) is 5.73 Å². The minimum atomic E-state index is -0.00858. The quantitative estimate of drug-likeness (QED) is 0.841. The zero-order valence-electron chi connectivity index (χ0n) is 12.0. The molecule has 0 fully saturated rings. The molecule has 0 amide bonds. The predicted octanol–water partition coefficient (Wildman–Crippen LogP) is 2.50. The van der Waals surface area contributed by atoms with Crippen LogP contribution in [0.5, 0.6) is 0 Å². The lowest BCUT2D eigenvalue weighted by atomic mass is 9.78. The Morgan fingerprint density at radius 1 is 1.00 bits per heavy atom. The van der Waals surface area contributed by atoms with E-state index in [0.717, 1.165) is 25.8 Å². The van der Waals surface area contributed by atoms with Gasteiger partial charge in [-0.2, -0.15) is 0 Å². The minimum absolute atomic E-state index is 0.00858. The summed E-state index contributed by atoms with van der Waals surface area (Å²) in [4.78, 5) is 4.64. The first-order valence-corrected chi connectivity index (χ1v) is 7.51. The normalized spacial score (nSPS) is 23.5. The highest BCUT2D eigenvalue weighted by molar-refractivity contribution is 5.80. The Hall–Kier alpha value is -2.29. The van der Waals surface area contributed by atoms with Crippen LogP contribution >= 0.6 is 0 Å². The molecule has 2 aromatic rings. The topological polar surface area (TPSA) is 50.4 Å². The summed E-state index contributed by atoms with van der Waals surface area (Å²) in [5, 5.41) is 3.18. The highest BCUT2D eigenvalue weighted by Crippen LogP contribution is 2.35. The molecule has 3 heteroatoms. The number of nitrogens with zero attached hydrogens (tertiary/aromatic N) is 1. The number of guanidine groups is 1. The Morgan fingerprint density at radius 2 is 1.86 bits per heavy atom. The molecule has 0 aromatic heterocycles. The molecule has 2 aliphatic rings. The smallest absolute Gasteiger partial charge is 0.189 e. The molecule has 1 unspecified atom stereocenters. The van der Waals surface area contributed by atoms with Gasteiger partial charge in [-0.3, -0.25) is 0 Å². The van der Waals surface area contributed by atoms with Crippen molar-refractivity contribution in [2.75, 3.05) is 6.54 Å². The highest BCUT2D eigenvalue weighted by atomic mass is 15.2. The van der Waals surface area contributed by atoms with Crippen LogP contribution in [0, 0.1) is 0 Å². The predicted molar refractivity (Wildman–Crippen MR) is 86.3 cm³/mol. The molecule has 4 rings (SSSR count). The van der Waals surface area contributed by atoms with Crippen LogP contribution in [-0.4, -0.2) is 18.0 Å². The summed E-state index contributed by atoms with van der Waals surface area (Å²) in [6, 6.07) is 17.4. The van der Waals surface area contributed by atoms with Crippen molar-refractivity contribution in [2.45, 2.75) is 24.8 Å². The van der Waals surface area contributed by atoms with Crippen molar-refractivity contribution in [3.05, 3.63) is 59.7 Å². The van der Waals surface area contributed by atoms with Crippen molar-refractivity contribution in [3.8, 4) is 11.1 Å². The SMILES string of the molecule is NC1=NC2(CCc3cc(-c4ccccc4)ccc3C2)CN1. The minimum Gasteiger partial charge on any atom is -0.370 e. The third-order valence-corrected chi connectivity index (χ3v) is 4.65. The number of aliphatic imine (C=N–C) groups is 1. The number of nitrogens with two attached hydrogens (primary N) is 1. The van der Waals surface area contributed by atoms with Crippen LogP contribution < -0.4 is 11.1 Å². The molecule has 0 saturated heterocycles. The number of nitrogens with one attached hydrogen (secondary N) is 1. The third-order valence-electron chi connectivity index (χ3n) is 4.65. The first-order valence-electron chi connectivity index (χ1n) is 7.51. The zero-order valence-corrected chi connectivity index (χ0v) is 12.0. The molecular formula is C18H19N3. The van der Waals surface area contributed by atoms with Gasteiger partial charge in [-0.05, 0) is 41.5 Å². The van der Waals surface area contributed by atoms with E-state index < -0.39 is 0 Å². The summed E-state index contributed by atoms with van der Waals surface area (Å²) in [6.07, 6.45) is 3.14. The van der Waals surface area contributed by atoms with Crippen LogP contribution in [-0.2, 0) is 12.8 Å². The van der Waals surface area contributed by atoms with Crippen LogP contribution in [0.15, 0.2) is 53.5 Å². The molecule has 3 nitrogen and oxygen atoms in total. The number of rotatable bonds is 1. The fraction of sp³-hybridized carbons (Fsp3) is 0.278. The second-order valence-corrected chi connectivity index (χ2v) is 6.10. The van der Waals surface area contributed by atoms with Crippen LogP contribution in [0.1, 0.15) is 17.5 Å². The Balaban J connectivity index is 1.67. The van der Waals surface area contributed by atoms with Crippen molar-refractivity contribution in [1.29, 1.82) is 0 Å². The Morgan fingerprint density at radius 3 is 2.62 bits per heavy atom. The Labute approximate surface area is 124 Å². The molecule has 2 aromatic carbocycles. The van der Waals surface area contributed by atoms with E-state index in [1.807, 2.05) is 0 Å². The molecule has 106 valence electrons. The van der Waals surface area contributed by atoms with E-state index in [9.17, 15) is 0 Å². The van der Waals surface area contributed by atoms with Gasteiger partial charge in [-0.15, -0.1) is 0 Å². The molecule has 0 bridgehead atoms. The van der Waals surface area contributed by atoms with Crippen LogP contribution in [0.25, 0.3) is 11.1 Å². The Kier molecular flexibility index (Phi) is 2.74. The van der Waals surface area contributed by atoms with Gasteiger partial charge >= 0.3 is 0 Å². The van der Waals surface area contributed by atoms with E-state index >= 15 is 0 Å². The number of benzene rings is 2. The monoisotopic (exact) mass is 277 g/mol. The summed E-state index contributed by atoms with van der Waals surface area (Å²) < 4.78 is 0. The zero-order chi connectivity index (χ0) is 14.3. The summed E-state index contributed by atoms with van der Waals surface area (Å²) in [5.74, 6) is 0.597. The number of fused-ring (bicyclic) bond motifs is 1. The van der Waals surface area contributed by atoms with Crippen molar-refractivity contribution in [2.24, 2.45) is 10.7 Å². The molecule has 0 radical (unpaired) electrons. The first-order chi connectivity index (χ1) is 10.2. The largest absolute Gasteiger partial charge is 0.370 e. The van der Waals surface area contributed by atoms with Gasteiger partial charge in [0.2, 0.25) is 0 Å². The molecule has 1 spiro atoms. The van der Waals surface area contributed by atoms with Gasteiger partial charge in [0.05, 0.1) is 5.54 Å². The fourth-order valence-electron chi connectivity index (χ4n) is 3.49. The third kappa shape index (κ3) is 2.19. The van der Waals surface area contributed by atoms with Gasteiger partial charge < -0.3 is 11.1 Å². The standard InChI is InChI=1S/C18H19N3/c19-17-20-12-18(21-17)9-8-15-10-14(6-7-16(15)11-18)13-4-2-1-3-5-13/h1-7,10H,8-9,11-12H2,(H3,19,20,21). The van der Waals surface area contributed by atoms with Gasteiger partial charge in [0, 0.05) is 6.54 Å². The molecule has 1 aliphatic heterocycles. The summed E-state index contributed by atoms with van der Waals surface area (Å²) >= 11 is 0. The van der Waals surface area contributed by atoms with Crippen molar-refractivity contribution < 1.29 is 0 Å². The van der Waals surface area contributed by atoms with Crippen molar-refractivity contribution >= 4 is 5.96 Å². The summed E-state index contributed by atoms with van der Waals surface area (Å²) in [5.41, 5.74) is 11.3. The molecule has 21 heavy (non-hydrogen) atoms. The van der Waals surface area contributed by atoms with Crippen molar-refractivity contribution in [3.63, 3.8) is 0 Å². The maximum absolute atomic E-state index is 5.80. The lowest BCUT2D eigenvalue weighted by Gasteiger charge is -2.31. The van der Waals surface area contributed by atoms with Gasteiger partial charge in [0.25, 0.3) is 0 Å². The molecule has 3 N–H and O–H groups in total. The fourth-order valence-corrected chi connectivity index (χ4v) is 3.49. The van der Waals surface area contributed by atoms with E-state index in [1.54, 1.807) is 0 Å². The summed E-state index contributed by atoms with van der Waals surface area (Å²) in [7, 11) is 0. The molecule has 1 heterocycles. The summed E-state index contributed by atoms with van der Waals surface area (Å²) in [6.45, 7) is 0.874. The molecule has 1 atom stereocenters. The van der Waals surface area contributed by atoms with E-state index in [1.165, 1.54) is 22.3 Å². The lowest BCUT2D eigenvalue weighted by molar-refractivity contribution is 0.394. The maximum Gasteiger partial charge on any atom is 0.189 e. The van der Waals surface area contributed by atoms with Crippen LogP contribution in [0.3, 0.4) is 0 Å². The van der Waals surface area contributed by atoms with Crippen LogP contribution in [0.4, 0.5) is 0 Å². The number of aryl methyl sites for hydroxylation is 1. The van der Waals surface area contributed by atoms with Gasteiger partial charge in [0.15, 0.2) is 5.96 Å². The Bertz CT molecular complexity index is 706. The molecular weight excluding hydrogens is 258 g/mol. The molecule has 1 aliphatic carbocycles. The van der Waals surface area contributed by atoms with Crippen molar-refractivity contribution in [1.82, 2.24) is 5.32 Å². The second kappa shape index (κ2) is 4.62.